The van der Waals surface area contributed by atoms with Crippen LogP contribution in [-0.4, -0.2) is 62.0 Å². The van der Waals surface area contributed by atoms with Crippen LogP contribution in [0.3, 0.4) is 0 Å². The number of methoxy groups -OCH3 is 3. The molecule has 1 fully saturated rings. The molecule has 2 N–H and O–H groups in total. The van der Waals surface area contributed by atoms with Crippen molar-refractivity contribution >= 4 is 16.0 Å². The number of piperidine rings is 1. The van der Waals surface area contributed by atoms with E-state index < -0.39 is 16.0 Å². The van der Waals surface area contributed by atoms with E-state index in [1.807, 2.05) is 0 Å². The summed E-state index contributed by atoms with van der Waals surface area (Å²) in [6.45, 7) is 2.42. The summed E-state index contributed by atoms with van der Waals surface area (Å²) >= 11 is 0. The summed E-state index contributed by atoms with van der Waals surface area (Å²) < 4.78 is 43.2. The molecule has 0 saturated carbocycles. The number of esters is 1. The summed E-state index contributed by atoms with van der Waals surface area (Å²) in [5.74, 6) is -0.444. The molecule has 0 atom stereocenters. The summed E-state index contributed by atoms with van der Waals surface area (Å²) in [4.78, 5) is 11.7. The second-order valence-corrected chi connectivity index (χ2v) is 8.13. The smallest absolute Gasteiger partial charge is 0.341 e. The third-order valence-corrected chi connectivity index (χ3v) is 6.04. The zero-order valence-electron chi connectivity index (χ0n) is 15.3. The number of ether oxygens (including phenoxy) is 3. The fourth-order valence-corrected chi connectivity index (χ4v) is 4.26. The Labute approximate surface area is 154 Å². The van der Waals surface area contributed by atoms with E-state index in [-0.39, 0.29) is 28.2 Å². The topological polar surface area (TPSA) is 103 Å². The number of hydrogen-bond donors (Lipinski definition) is 2. The molecular weight excluding hydrogens is 360 g/mol. The van der Waals surface area contributed by atoms with E-state index in [0.29, 0.717) is 6.61 Å². The first kappa shape index (κ1) is 20.6. The highest BCUT2D eigenvalue weighted by atomic mass is 32.2. The molecule has 9 heteroatoms. The number of carbonyl (C=O) groups is 1. The molecule has 1 saturated heterocycles. The summed E-state index contributed by atoms with van der Waals surface area (Å²) in [5, 5.41) is 3.27. The maximum atomic E-state index is 12.7. The number of rotatable bonds is 8. The van der Waals surface area contributed by atoms with Gasteiger partial charge in [-0.05, 0) is 38.1 Å². The van der Waals surface area contributed by atoms with Crippen LogP contribution in [0, 0.1) is 5.41 Å². The molecule has 2 rings (SSSR count). The molecule has 146 valence electrons. The number of nitrogens with one attached hydrogen (secondary N) is 2. The van der Waals surface area contributed by atoms with Crippen molar-refractivity contribution in [1.29, 1.82) is 0 Å². The molecule has 26 heavy (non-hydrogen) atoms. The van der Waals surface area contributed by atoms with Gasteiger partial charge < -0.3 is 19.5 Å². The highest BCUT2D eigenvalue weighted by Crippen LogP contribution is 2.29. The lowest BCUT2D eigenvalue weighted by Gasteiger charge is -2.37. The van der Waals surface area contributed by atoms with Crippen LogP contribution in [0.4, 0.5) is 0 Å². The fraction of sp³-hybridized carbons (Fsp3) is 0.588. The third-order valence-electron chi connectivity index (χ3n) is 4.64. The Balaban J connectivity index is 2.20. The highest BCUT2D eigenvalue weighted by molar-refractivity contribution is 7.89. The van der Waals surface area contributed by atoms with Gasteiger partial charge in [-0.3, -0.25) is 0 Å². The predicted octanol–water partition coefficient (Wildman–Crippen LogP) is 0.776. The van der Waals surface area contributed by atoms with Gasteiger partial charge in [-0.1, -0.05) is 0 Å². The largest absolute Gasteiger partial charge is 0.496 e. The average molecular weight is 386 g/mol. The molecular formula is C17H26N2O6S. The number of carbonyl (C=O) groups excluding carboxylic acids is 1. The molecule has 0 unspecified atom stereocenters. The van der Waals surface area contributed by atoms with Crippen molar-refractivity contribution in [3.63, 3.8) is 0 Å². The second kappa shape index (κ2) is 8.81. The Morgan fingerprint density at radius 2 is 1.92 bits per heavy atom. The molecule has 0 aromatic heterocycles. The van der Waals surface area contributed by atoms with Gasteiger partial charge in [-0.15, -0.1) is 0 Å². The normalized spacial score (nSPS) is 16.9. The Kier molecular flexibility index (Phi) is 6.99. The number of hydrogen-bond acceptors (Lipinski definition) is 7. The minimum atomic E-state index is -3.76. The van der Waals surface area contributed by atoms with E-state index in [9.17, 15) is 13.2 Å². The van der Waals surface area contributed by atoms with Gasteiger partial charge in [0.25, 0.3) is 0 Å². The van der Waals surface area contributed by atoms with Crippen LogP contribution in [0.25, 0.3) is 0 Å². The molecule has 0 radical (unpaired) electrons. The zero-order chi connectivity index (χ0) is 19.2. The molecule has 8 nitrogen and oxygen atoms in total. The average Bonchev–Trinajstić information content (AvgIpc) is 2.66. The Morgan fingerprint density at radius 1 is 1.23 bits per heavy atom. The van der Waals surface area contributed by atoms with Gasteiger partial charge >= 0.3 is 5.97 Å². The molecule has 1 aliphatic rings. The van der Waals surface area contributed by atoms with Gasteiger partial charge in [0.1, 0.15) is 11.3 Å². The monoisotopic (exact) mass is 386 g/mol. The van der Waals surface area contributed by atoms with E-state index in [0.717, 1.165) is 25.9 Å². The van der Waals surface area contributed by atoms with Crippen LogP contribution >= 0.6 is 0 Å². The van der Waals surface area contributed by atoms with Crippen LogP contribution in [0.5, 0.6) is 5.75 Å². The van der Waals surface area contributed by atoms with Gasteiger partial charge in [-0.25, -0.2) is 17.9 Å². The van der Waals surface area contributed by atoms with Crippen molar-refractivity contribution in [2.24, 2.45) is 5.41 Å². The molecule has 1 aliphatic heterocycles. The first-order chi connectivity index (χ1) is 12.4. The lowest BCUT2D eigenvalue weighted by molar-refractivity contribution is 0.0577. The van der Waals surface area contributed by atoms with E-state index >= 15 is 0 Å². The molecule has 0 amide bonds. The number of sulfonamides is 1. The van der Waals surface area contributed by atoms with Crippen LogP contribution < -0.4 is 14.8 Å². The molecule has 0 spiro atoms. The summed E-state index contributed by atoms with van der Waals surface area (Å²) in [7, 11) is 0.485. The zero-order valence-corrected chi connectivity index (χ0v) is 16.1. The first-order valence-electron chi connectivity index (χ1n) is 8.33. The minimum absolute atomic E-state index is 0.0310. The van der Waals surface area contributed by atoms with Gasteiger partial charge in [0.15, 0.2) is 0 Å². The van der Waals surface area contributed by atoms with Crippen molar-refractivity contribution in [2.75, 3.05) is 47.6 Å². The predicted molar refractivity (Wildman–Crippen MR) is 95.9 cm³/mol. The Bertz CT molecular complexity index is 723. The molecule has 0 bridgehead atoms. The van der Waals surface area contributed by atoms with Crippen molar-refractivity contribution < 1.29 is 27.4 Å². The van der Waals surface area contributed by atoms with Gasteiger partial charge in [-0.2, -0.15) is 0 Å². The van der Waals surface area contributed by atoms with Gasteiger partial charge in [0.05, 0.1) is 25.7 Å². The fourth-order valence-electron chi connectivity index (χ4n) is 3.08. The molecule has 1 aromatic rings. The van der Waals surface area contributed by atoms with Crippen molar-refractivity contribution in [3.05, 3.63) is 23.8 Å². The lowest BCUT2D eigenvalue weighted by Crippen LogP contribution is -2.47. The van der Waals surface area contributed by atoms with Crippen LogP contribution in [-0.2, 0) is 19.5 Å². The van der Waals surface area contributed by atoms with E-state index in [2.05, 4.69) is 14.8 Å². The van der Waals surface area contributed by atoms with Gasteiger partial charge in [0, 0.05) is 25.1 Å². The second-order valence-electron chi connectivity index (χ2n) is 6.36. The lowest BCUT2D eigenvalue weighted by atomic mass is 9.80. The summed E-state index contributed by atoms with van der Waals surface area (Å²) in [6.07, 6.45) is 1.65. The van der Waals surface area contributed by atoms with Crippen molar-refractivity contribution in [2.45, 2.75) is 17.7 Å². The van der Waals surface area contributed by atoms with Crippen molar-refractivity contribution in [1.82, 2.24) is 10.0 Å². The van der Waals surface area contributed by atoms with E-state index in [1.54, 1.807) is 7.11 Å². The molecule has 1 heterocycles. The summed E-state index contributed by atoms with van der Waals surface area (Å²) in [6, 6.07) is 4.07. The highest BCUT2D eigenvalue weighted by Gasteiger charge is 2.33. The van der Waals surface area contributed by atoms with Gasteiger partial charge in [0.2, 0.25) is 10.0 Å². The van der Waals surface area contributed by atoms with Crippen LogP contribution in [0.2, 0.25) is 0 Å². The van der Waals surface area contributed by atoms with E-state index in [4.69, 9.17) is 9.47 Å². The first-order valence-corrected chi connectivity index (χ1v) is 9.81. The minimum Gasteiger partial charge on any atom is -0.496 e. The maximum absolute atomic E-state index is 12.7. The Morgan fingerprint density at radius 3 is 2.50 bits per heavy atom. The summed E-state index contributed by atoms with van der Waals surface area (Å²) in [5.41, 5.74) is -0.0634. The third kappa shape index (κ3) is 4.73. The standard InChI is InChI=1S/C17H26N2O6S/c1-23-12-17(6-8-18-9-7-17)11-19-26(21,22)13-4-5-14(16(20)25-3)15(10-13)24-2/h4-5,10,18-19H,6-9,11-12H2,1-3H3. The van der Waals surface area contributed by atoms with Crippen LogP contribution in [0.1, 0.15) is 23.2 Å². The van der Waals surface area contributed by atoms with Crippen LogP contribution in [0.15, 0.2) is 23.1 Å². The van der Waals surface area contributed by atoms with E-state index in [1.165, 1.54) is 32.4 Å². The molecule has 1 aromatic carbocycles. The van der Waals surface area contributed by atoms with Crippen molar-refractivity contribution in [3.8, 4) is 5.75 Å². The molecule has 0 aliphatic carbocycles. The SMILES string of the molecule is COCC1(CNS(=O)(=O)c2ccc(C(=O)OC)c(OC)c2)CCNCC1. The maximum Gasteiger partial charge on any atom is 0.341 e. The quantitative estimate of drug-likeness (QED) is 0.636. The Hall–Kier alpha value is -1.68. The number of benzene rings is 1.